The summed E-state index contributed by atoms with van der Waals surface area (Å²) in [6.07, 6.45) is 1.91. The minimum Gasteiger partial charge on any atom is -0.249 e. The molecular weight excluding hydrogens is 198 g/mol. The molecule has 1 heterocycles. The fourth-order valence-electron chi connectivity index (χ4n) is 0.671. The molecule has 0 aromatic carbocycles. The van der Waals surface area contributed by atoms with Gasteiger partial charge in [0.15, 0.2) is 0 Å². The summed E-state index contributed by atoms with van der Waals surface area (Å²) in [5, 5.41) is 1.09. The van der Waals surface area contributed by atoms with Gasteiger partial charge in [-0.3, -0.25) is 0 Å². The van der Waals surface area contributed by atoms with Crippen molar-refractivity contribution in [2.24, 2.45) is 0 Å². The van der Waals surface area contributed by atoms with Crippen LogP contribution in [0.1, 0.15) is 26.3 Å². The van der Waals surface area contributed by atoms with E-state index in [0.29, 0.717) is 0 Å². The van der Waals surface area contributed by atoms with E-state index in [9.17, 15) is 0 Å². The normalized spacial score (nSPS) is 11.7. The maximum atomic E-state index is 4.32. The zero-order valence-corrected chi connectivity index (χ0v) is 10.1. The summed E-state index contributed by atoms with van der Waals surface area (Å²) in [4.78, 5) is 4.32. The zero-order chi connectivity index (χ0) is 9.90. The average Bonchev–Trinajstić information content (AvgIpc) is 2.02. The molecule has 0 atom stereocenters. The predicted molar refractivity (Wildman–Crippen MR) is 62.2 cm³/mol. The molecule has 0 bridgehead atoms. The lowest BCUT2D eigenvalue weighted by molar-refractivity contribution is 0.810. The molecule has 72 valence electrons. The van der Waals surface area contributed by atoms with E-state index >= 15 is 0 Å². The first-order chi connectivity index (χ1) is 5.97. The molecule has 0 saturated carbocycles. The average molecular weight is 213 g/mol. The summed E-state index contributed by atoms with van der Waals surface area (Å²) < 4.78 is 0.289. The second-order valence-electron chi connectivity index (χ2n) is 3.95. The molecule has 0 fully saturated rings. The highest BCUT2D eigenvalue weighted by molar-refractivity contribution is 8.77. The number of hydrogen-bond acceptors (Lipinski definition) is 3. The SMILES string of the molecule is Cc1ccc(SSC(C)(C)C)nc1. The van der Waals surface area contributed by atoms with E-state index in [1.807, 2.05) is 17.0 Å². The van der Waals surface area contributed by atoms with Crippen LogP contribution in [0.5, 0.6) is 0 Å². The largest absolute Gasteiger partial charge is 0.249 e. The molecule has 0 N–H and O–H groups in total. The van der Waals surface area contributed by atoms with Crippen molar-refractivity contribution in [2.75, 3.05) is 0 Å². The zero-order valence-electron chi connectivity index (χ0n) is 8.50. The molecule has 0 saturated heterocycles. The van der Waals surface area contributed by atoms with Crippen LogP contribution in [-0.2, 0) is 0 Å². The number of nitrogens with zero attached hydrogens (tertiary/aromatic N) is 1. The molecular formula is C10H15NS2. The summed E-state index contributed by atoms with van der Waals surface area (Å²) >= 11 is 0. The monoisotopic (exact) mass is 213 g/mol. The molecule has 0 aliphatic carbocycles. The Morgan fingerprint density at radius 1 is 1.23 bits per heavy atom. The molecule has 0 aliphatic heterocycles. The second-order valence-corrected chi connectivity index (χ2v) is 6.93. The molecule has 0 spiro atoms. The van der Waals surface area contributed by atoms with Crippen LogP contribution >= 0.6 is 21.6 Å². The van der Waals surface area contributed by atoms with Gasteiger partial charge in [0, 0.05) is 10.9 Å². The molecule has 0 aliphatic rings. The van der Waals surface area contributed by atoms with Crippen LogP contribution in [0.4, 0.5) is 0 Å². The van der Waals surface area contributed by atoms with Crippen LogP contribution in [0.25, 0.3) is 0 Å². The van der Waals surface area contributed by atoms with Crippen molar-refractivity contribution in [2.45, 2.75) is 37.5 Å². The quantitative estimate of drug-likeness (QED) is 0.691. The third-order valence-corrected chi connectivity index (χ3v) is 4.52. The highest BCUT2D eigenvalue weighted by atomic mass is 33.1. The second kappa shape index (κ2) is 4.38. The van der Waals surface area contributed by atoms with E-state index in [2.05, 4.69) is 44.8 Å². The minimum atomic E-state index is 0.289. The van der Waals surface area contributed by atoms with Gasteiger partial charge in [-0.1, -0.05) is 37.6 Å². The lowest BCUT2D eigenvalue weighted by Gasteiger charge is -2.15. The van der Waals surface area contributed by atoms with Gasteiger partial charge in [-0.25, -0.2) is 4.98 Å². The highest BCUT2D eigenvalue weighted by Gasteiger charge is 2.11. The van der Waals surface area contributed by atoms with Crippen molar-refractivity contribution in [3.05, 3.63) is 23.9 Å². The van der Waals surface area contributed by atoms with E-state index < -0.39 is 0 Å². The molecule has 0 unspecified atom stereocenters. The van der Waals surface area contributed by atoms with E-state index in [0.717, 1.165) is 5.03 Å². The lowest BCUT2D eigenvalue weighted by atomic mass is 10.3. The van der Waals surface area contributed by atoms with Gasteiger partial charge in [-0.15, -0.1) is 0 Å². The standard InChI is InChI=1S/C10H15NS2/c1-8-5-6-9(11-7-8)12-13-10(2,3)4/h5-7H,1-4H3. The first-order valence-electron chi connectivity index (χ1n) is 4.26. The summed E-state index contributed by atoms with van der Waals surface area (Å²) in [5.74, 6) is 0. The van der Waals surface area contributed by atoms with Crippen LogP contribution in [0, 0.1) is 6.92 Å². The van der Waals surface area contributed by atoms with E-state index in [1.54, 1.807) is 10.8 Å². The van der Waals surface area contributed by atoms with Crippen LogP contribution in [0.2, 0.25) is 0 Å². The smallest absolute Gasteiger partial charge is 0.107 e. The third kappa shape index (κ3) is 4.58. The summed E-state index contributed by atoms with van der Waals surface area (Å²) in [7, 11) is 3.59. The van der Waals surface area contributed by atoms with Gasteiger partial charge in [0.1, 0.15) is 5.03 Å². The van der Waals surface area contributed by atoms with Crippen molar-refractivity contribution in [3.8, 4) is 0 Å². The van der Waals surface area contributed by atoms with Gasteiger partial charge >= 0.3 is 0 Å². The van der Waals surface area contributed by atoms with Gasteiger partial charge in [-0.2, -0.15) is 0 Å². The Bertz CT molecular complexity index is 261. The Morgan fingerprint density at radius 2 is 1.92 bits per heavy atom. The van der Waals surface area contributed by atoms with Gasteiger partial charge < -0.3 is 0 Å². The Hall–Kier alpha value is -0.150. The van der Waals surface area contributed by atoms with Crippen LogP contribution in [-0.4, -0.2) is 9.73 Å². The van der Waals surface area contributed by atoms with Crippen molar-refractivity contribution in [1.82, 2.24) is 4.98 Å². The summed E-state index contributed by atoms with van der Waals surface area (Å²) in [6, 6.07) is 4.16. The van der Waals surface area contributed by atoms with E-state index in [1.165, 1.54) is 5.56 Å². The molecule has 13 heavy (non-hydrogen) atoms. The maximum absolute atomic E-state index is 4.32. The predicted octanol–water partition coefficient (Wildman–Crippen LogP) is 3.93. The number of aromatic nitrogens is 1. The molecule has 0 radical (unpaired) electrons. The third-order valence-electron chi connectivity index (χ3n) is 1.26. The molecule has 1 nitrogen and oxygen atoms in total. The van der Waals surface area contributed by atoms with Gasteiger partial charge in [0.25, 0.3) is 0 Å². The van der Waals surface area contributed by atoms with Crippen molar-refractivity contribution >= 4 is 21.6 Å². The molecule has 0 amide bonds. The molecule has 1 aromatic heterocycles. The topological polar surface area (TPSA) is 12.9 Å². The maximum Gasteiger partial charge on any atom is 0.107 e. The Labute approximate surface area is 88.1 Å². The lowest BCUT2D eigenvalue weighted by Crippen LogP contribution is -2.04. The number of aryl methyl sites for hydroxylation is 1. The molecule has 1 rings (SSSR count). The summed E-state index contributed by atoms with van der Waals surface area (Å²) in [6.45, 7) is 8.68. The summed E-state index contributed by atoms with van der Waals surface area (Å²) in [5.41, 5.74) is 1.21. The van der Waals surface area contributed by atoms with Crippen LogP contribution < -0.4 is 0 Å². The fourth-order valence-corrected chi connectivity index (χ4v) is 2.53. The van der Waals surface area contributed by atoms with Gasteiger partial charge in [-0.05, 0) is 29.3 Å². The van der Waals surface area contributed by atoms with Crippen molar-refractivity contribution in [3.63, 3.8) is 0 Å². The fraction of sp³-hybridized carbons (Fsp3) is 0.500. The number of hydrogen-bond donors (Lipinski definition) is 0. The number of pyridine rings is 1. The first kappa shape index (κ1) is 10.9. The van der Waals surface area contributed by atoms with Crippen LogP contribution in [0.3, 0.4) is 0 Å². The van der Waals surface area contributed by atoms with Crippen LogP contribution in [0.15, 0.2) is 23.4 Å². The van der Waals surface area contributed by atoms with Crippen molar-refractivity contribution in [1.29, 1.82) is 0 Å². The Balaban J connectivity index is 2.51. The molecule has 1 aromatic rings. The van der Waals surface area contributed by atoms with E-state index in [4.69, 9.17) is 0 Å². The van der Waals surface area contributed by atoms with Gasteiger partial charge in [0.2, 0.25) is 0 Å². The first-order valence-corrected chi connectivity index (χ1v) is 6.41. The van der Waals surface area contributed by atoms with Gasteiger partial charge in [0.05, 0.1) is 0 Å². The van der Waals surface area contributed by atoms with Crippen molar-refractivity contribution < 1.29 is 0 Å². The Morgan fingerprint density at radius 3 is 2.38 bits per heavy atom. The number of rotatable bonds is 2. The minimum absolute atomic E-state index is 0.289. The van der Waals surface area contributed by atoms with E-state index in [-0.39, 0.29) is 4.75 Å². The highest BCUT2D eigenvalue weighted by Crippen LogP contribution is 2.39. The molecule has 3 heteroatoms. The Kier molecular flexibility index (Phi) is 3.68.